The van der Waals surface area contributed by atoms with Crippen LogP contribution < -0.4 is 11.1 Å². The normalized spacial score (nSPS) is 24.1. The number of nitrogens with two attached hydrogens (primary N) is 1. The van der Waals surface area contributed by atoms with E-state index in [1.165, 1.54) is 0 Å². The molecule has 2 rings (SSSR count). The molecule has 1 heterocycles. The van der Waals surface area contributed by atoms with Gasteiger partial charge in [0, 0.05) is 17.9 Å². The number of hydrogen-bond acceptors (Lipinski definition) is 4. The zero-order valence-corrected chi connectivity index (χ0v) is 11.2. The zero-order valence-electron chi connectivity index (χ0n) is 11.2. The summed E-state index contributed by atoms with van der Waals surface area (Å²) in [6.07, 6.45) is 0.584. The number of carbonyl (C=O) groups is 1. The quantitative estimate of drug-likeness (QED) is 0.708. The highest BCUT2D eigenvalue weighted by molar-refractivity contribution is 5.92. The Morgan fingerprint density at radius 2 is 2.37 bits per heavy atom. The maximum Gasteiger partial charge on any atom is 0.238 e. The van der Waals surface area contributed by atoms with E-state index in [2.05, 4.69) is 5.32 Å². The van der Waals surface area contributed by atoms with Gasteiger partial charge in [-0.2, -0.15) is 0 Å². The summed E-state index contributed by atoms with van der Waals surface area (Å²) in [5.74, 6) is 0.237. The van der Waals surface area contributed by atoms with Crippen molar-refractivity contribution in [3.63, 3.8) is 0 Å². The van der Waals surface area contributed by atoms with Gasteiger partial charge in [0.25, 0.3) is 0 Å². The molecule has 1 aliphatic heterocycles. The number of hydrogen-bond donors (Lipinski definition) is 3. The number of nitrogen functional groups attached to an aromatic ring is 1. The van der Waals surface area contributed by atoms with E-state index in [1.54, 1.807) is 24.3 Å². The van der Waals surface area contributed by atoms with Crippen molar-refractivity contribution in [3.8, 4) is 0 Å². The minimum absolute atomic E-state index is 0.0765. The predicted molar refractivity (Wildman–Crippen MR) is 75.7 cm³/mol. The van der Waals surface area contributed by atoms with Crippen LogP contribution in [0, 0.1) is 5.92 Å². The van der Waals surface area contributed by atoms with Gasteiger partial charge < -0.3 is 16.2 Å². The van der Waals surface area contributed by atoms with Crippen molar-refractivity contribution in [2.75, 3.05) is 30.7 Å². The van der Waals surface area contributed by atoms with Gasteiger partial charge in [0.05, 0.1) is 12.6 Å². The highest BCUT2D eigenvalue weighted by Crippen LogP contribution is 2.17. The lowest BCUT2D eigenvalue weighted by Crippen LogP contribution is -2.45. The topological polar surface area (TPSA) is 78.6 Å². The Hall–Kier alpha value is -1.59. The number of β-amino-alcohol motifs (C(OH)–C–C–N with tert-alkyl or cyclic N) is 1. The van der Waals surface area contributed by atoms with Crippen molar-refractivity contribution in [2.24, 2.45) is 5.92 Å². The molecule has 1 aliphatic rings. The van der Waals surface area contributed by atoms with Gasteiger partial charge in [-0.1, -0.05) is 13.0 Å². The van der Waals surface area contributed by atoms with Gasteiger partial charge in [0.2, 0.25) is 5.91 Å². The average Bonchev–Trinajstić information content (AvgIpc) is 2.34. The zero-order chi connectivity index (χ0) is 13.8. The molecule has 19 heavy (non-hydrogen) atoms. The molecule has 5 heteroatoms. The van der Waals surface area contributed by atoms with E-state index < -0.39 is 0 Å². The van der Waals surface area contributed by atoms with E-state index in [-0.39, 0.29) is 12.0 Å². The van der Waals surface area contributed by atoms with Gasteiger partial charge in [0.1, 0.15) is 0 Å². The van der Waals surface area contributed by atoms with Crippen molar-refractivity contribution in [2.45, 2.75) is 19.4 Å². The smallest absolute Gasteiger partial charge is 0.238 e. The molecule has 104 valence electrons. The third-order valence-electron chi connectivity index (χ3n) is 3.54. The number of rotatable bonds is 3. The largest absolute Gasteiger partial charge is 0.399 e. The second-order valence-electron chi connectivity index (χ2n) is 5.24. The van der Waals surface area contributed by atoms with E-state index in [0.29, 0.717) is 30.4 Å². The Morgan fingerprint density at radius 3 is 3.05 bits per heavy atom. The van der Waals surface area contributed by atoms with E-state index in [0.717, 1.165) is 13.0 Å². The van der Waals surface area contributed by atoms with Crippen molar-refractivity contribution in [1.29, 1.82) is 0 Å². The molecule has 2 atom stereocenters. The number of carbonyl (C=O) groups excluding carboxylic acids is 1. The molecule has 0 spiro atoms. The van der Waals surface area contributed by atoms with Gasteiger partial charge in [-0.05, 0) is 37.1 Å². The van der Waals surface area contributed by atoms with Crippen LogP contribution in [0.4, 0.5) is 11.4 Å². The van der Waals surface area contributed by atoms with Crippen molar-refractivity contribution in [1.82, 2.24) is 4.90 Å². The third-order valence-corrected chi connectivity index (χ3v) is 3.54. The minimum Gasteiger partial charge on any atom is -0.399 e. The third kappa shape index (κ3) is 3.94. The van der Waals surface area contributed by atoms with Gasteiger partial charge in [-0.15, -0.1) is 0 Å². The maximum absolute atomic E-state index is 11.9. The van der Waals surface area contributed by atoms with Gasteiger partial charge in [0.15, 0.2) is 0 Å². The molecular formula is C14H21N3O2. The summed E-state index contributed by atoms with van der Waals surface area (Å²) >= 11 is 0. The molecule has 0 aliphatic carbocycles. The number of anilines is 2. The molecule has 1 aromatic rings. The summed E-state index contributed by atoms with van der Waals surface area (Å²) < 4.78 is 0. The summed E-state index contributed by atoms with van der Waals surface area (Å²) in [6.45, 7) is 3.75. The molecule has 2 unspecified atom stereocenters. The van der Waals surface area contributed by atoms with Crippen LogP contribution in [-0.4, -0.2) is 41.7 Å². The van der Waals surface area contributed by atoms with Crippen LogP contribution >= 0.6 is 0 Å². The number of likely N-dealkylation sites (tertiary alicyclic amines) is 1. The van der Waals surface area contributed by atoms with Gasteiger partial charge >= 0.3 is 0 Å². The fraction of sp³-hybridized carbons (Fsp3) is 0.500. The molecule has 0 radical (unpaired) electrons. The number of amides is 1. The highest BCUT2D eigenvalue weighted by atomic mass is 16.3. The molecular weight excluding hydrogens is 242 g/mol. The number of aliphatic hydroxyl groups is 1. The monoisotopic (exact) mass is 263 g/mol. The first-order chi connectivity index (χ1) is 9.04. The summed E-state index contributed by atoms with van der Waals surface area (Å²) in [5.41, 5.74) is 6.99. The number of piperidine rings is 1. The molecule has 5 nitrogen and oxygen atoms in total. The van der Waals surface area contributed by atoms with Crippen LogP contribution in [0.3, 0.4) is 0 Å². The standard InChI is InChI=1S/C14H21N3O2/c1-10-5-6-17(8-13(10)18)9-14(19)16-12-4-2-3-11(15)7-12/h2-4,7,10,13,18H,5-6,8-9,15H2,1H3,(H,16,19). The van der Waals surface area contributed by atoms with Gasteiger partial charge in [-0.3, -0.25) is 9.69 Å². The Balaban J connectivity index is 1.85. The molecule has 1 fully saturated rings. The van der Waals surface area contributed by atoms with E-state index in [1.807, 2.05) is 11.8 Å². The first-order valence-corrected chi connectivity index (χ1v) is 6.60. The molecule has 0 aromatic heterocycles. The van der Waals surface area contributed by atoms with Crippen molar-refractivity contribution in [3.05, 3.63) is 24.3 Å². The van der Waals surface area contributed by atoms with E-state index >= 15 is 0 Å². The predicted octanol–water partition coefficient (Wildman–Crippen LogP) is 0.910. The summed E-state index contributed by atoms with van der Waals surface area (Å²) in [4.78, 5) is 13.9. The number of benzene rings is 1. The summed E-state index contributed by atoms with van der Waals surface area (Å²) in [7, 11) is 0. The second kappa shape index (κ2) is 6.04. The SMILES string of the molecule is CC1CCN(CC(=O)Nc2cccc(N)c2)CC1O. The molecule has 1 saturated heterocycles. The minimum atomic E-state index is -0.339. The van der Waals surface area contributed by atoms with Crippen LogP contribution in [0.2, 0.25) is 0 Å². The van der Waals surface area contributed by atoms with E-state index in [9.17, 15) is 9.90 Å². The number of nitrogens with zero attached hydrogens (tertiary/aromatic N) is 1. The number of aliphatic hydroxyl groups excluding tert-OH is 1. The fourth-order valence-corrected chi connectivity index (χ4v) is 2.28. The van der Waals surface area contributed by atoms with Crippen molar-refractivity contribution < 1.29 is 9.90 Å². The first kappa shape index (κ1) is 13.8. The van der Waals surface area contributed by atoms with Gasteiger partial charge in [-0.25, -0.2) is 0 Å². The first-order valence-electron chi connectivity index (χ1n) is 6.60. The summed E-state index contributed by atoms with van der Waals surface area (Å²) in [5, 5.41) is 12.6. The Bertz CT molecular complexity index is 450. The Morgan fingerprint density at radius 1 is 1.58 bits per heavy atom. The lowest BCUT2D eigenvalue weighted by Gasteiger charge is -2.33. The molecule has 0 bridgehead atoms. The van der Waals surface area contributed by atoms with Crippen LogP contribution in [0.25, 0.3) is 0 Å². The molecule has 1 amide bonds. The molecule has 1 aromatic carbocycles. The molecule has 4 N–H and O–H groups in total. The second-order valence-corrected chi connectivity index (χ2v) is 5.24. The Labute approximate surface area is 113 Å². The lowest BCUT2D eigenvalue weighted by molar-refractivity contribution is -0.118. The highest BCUT2D eigenvalue weighted by Gasteiger charge is 2.25. The fourth-order valence-electron chi connectivity index (χ4n) is 2.28. The number of nitrogens with one attached hydrogen (secondary N) is 1. The van der Waals surface area contributed by atoms with Crippen LogP contribution in [0.15, 0.2) is 24.3 Å². The molecule has 0 saturated carbocycles. The van der Waals surface area contributed by atoms with E-state index in [4.69, 9.17) is 5.73 Å². The Kier molecular flexibility index (Phi) is 4.39. The maximum atomic E-state index is 11.9. The lowest BCUT2D eigenvalue weighted by atomic mass is 9.96. The summed E-state index contributed by atoms with van der Waals surface area (Å²) in [6, 6.07) is 7.11. The van der Waals surface area contributed by atoms with Crippen molar-refractivity contribution >= 4 is 17.3 Å². The van der Waals surface area contributed by atoms with Crippen LogP contribution in [0.1, 0.15) is 13.3 Å². The van der Waals surface area contributed by atoms with Crippen LogP contribution in [0.5, 0.6) is 0 Å². The van der Waals surface area contributed by atoms with Crippen LogP contribution in [-0.2, 0) is 4.79 Å². The average molecular weight is 263 g/mol.